The van der Waals surface area contributed by atoms with Crippen molar-refractivity contribution in [2.75, 3.05) is 30.9 Å². The van der Waals surface area contributed by atoms with Crippen LogP contribution in [-0.4, -0.2) is 31.2 Å². The molecule has 0 saturated carbocycles. The number of nitrogens with one attached hydrogen (secondary N) is 2. The minimum Gasteiger partial charge on any atom is -0.373 e. The number of aromatic nitrogens is 1. The van der Waals surface area contributed by atoms with E-state index in [-0.39, 0.29) is 12.5 Å². The summed E-state index contributed by atoms with van der Waals surface area (Å²) in [7, 11) is 1.79. The number of pyridine rings is 1. The largest absolute Gasteiger partial charge is 0.373 e. The number of ether oxygens (including phenoxy) is 1. The molecule has 1 rings (SSSR count). The molecule has 5 heteroatoms. The summed E-state index contributed by atoms with van der Waals surface area (Å²) < 4.78 is 4.97. The van der Waals surface area contributed by atoms with Gasteiger partial charge in [0.25, 0.3) is 0 Å². The summed E-state index contributed by atoms with van der Waals surface area (Å²) in [5.41, 5.74) is 0.665. The van der Waals surface area contributed by atoms with Gasteiger partial charge in [0, 0.05) is 13.7 Å². The quantitative estimate of drug-likeness (QED) is 0.762. The summed E-state index contributed by atoms with van der Waals surface area (Å²) in [6.45, 7) is 2.45. The lowest BCUT2D eigenvalue weighted by molar-refractivity contribution is -0.120. The fourth-order valence-electron chi connectivity index (χ4n) is 1.01. The third-order valence-corrected chi connectivity index (χ3v) is 1.74. The molecule has 0 saturated heterocycles. The molecule has 1 aromatic heterocycles. The van der Waals surface area contributed by atoms with Crippen molar-refractivity contribution < 1.29 is 9.53 Å². The molecule has 0 spiro atoms. The van der Waals surface area contributed by atoms with E-state index in [1.807, 2.05) is 6.92 Å². The van der Waals surface area contributed by atoms with E-state index in [9.17, 15) is 4.79 Å². The number of hydrogen-bond donors (Lipinski definition) is 2. The SMILES string of the molecule is CCOCC(=O)Nc1ccc(NC)nc1. The van der Waals surface area contributed by atoms with Crippen LogP contribution in [0.15, 0.2) is 18.3 Å². The van der Waals surface area contributed by atoms with Crippen molar-refractivity contribution in [3.05, 3.63) is 18.3 Å². The van der Waals surface area contributed by atoms with Crippen LogP contribution in [0, 0.1) is 0 Å². The van der Waals surface area contributed by atoms with Gasteiger partial charge in [-0.15, -0.1) is 0 Å². The van der Waals surface area contributed by atoms with Gasteiger partial charge in [0.2, 0.25) is 5.91 Å². The van der Waals surface area contributed by atoms with Gasteiger partial charge in [-0.1, -0.05) is 0 Å². The fourth-order valence-corrected chi connectivity index (χ4v) is 1.01. The predicted octanol–water partition coefficient (Wildman–Crippen LogP) is 1.10. The molecule has 82 valence electrons. The van der Waals surface area contributed by atoms with Crippen LogP contribution in [-0.2, 0) is 9.53 Å². The van der Waals surface area contributed by atoms with Crippen molar-refractivity contribution in [1.82, 2.24) is 4.98 Å². The predicted molar refractivity (Wildman–Crippen MR) is 58.9 cm³/mol. The van der Waals surface area contributed by atoms with Gasteiger partial charge in [-0.25, -0.2) is 4.98 Å². The van der Waals surface area contributed by atoms with Crippen molar-refractivity contribution in [3.63, 3.8) is 0 Å². The van der Waals surface area contributed by atoms with Gasteiger partial charge in [-0.05, 0) is 19.1 Å². The second kappa shape index (κ2) is 5.98. The molecule has 0 unspecified atom stereocenters. The zero-order chi connectivity index (χ0) is 11.1. The van der Waals surface area contributed by atoms with Crippen LogP contribution in [0.25, 0.3) is 0 Å². The van der Waals surface area contributed by atoms with Gasteiger partial charge in [0.15, 0.2) is 0 Å². The number of anilines is 2. The monoisotopic (exact) mass is 209 g/mol. The maximum atomic E-state index is 11.2. The zero-order valence-electron chi connectivity index (χ0n) is 8.91. The normalized spacial score (nSPS) is 9.73. The van der Waals surface area contributed by atoms with Crippen LogP contribution in [0.2, 0.25) is 0 Å². The second-order valence-corrected chi connectivity index (χ2v) is 2.87. The highest BCUT2D eigenvalue weighted by atomic mass is 16.5. The number of carbonyl (C=O) groups is 1. The van der Waals surface area contributed by atoms with Crippen molar-refractivity contribution in [3.8, 4) is 0 Å². The number of hydrogen-bond acceptors (Lipinski definition) is 4. The summed E-state index contributed by atoms with van der Waals surface area (Å²) in [4.78, 5) is 15.3. The first-order chi connectivity index (χ1) is 7.26. The molecule has 0 aromatic carbocycles. The van der Waals surface area contributed by atoms with Gasteiger partial charge < -0.3 is 15.4 Å². The summed E-state index contributed by atoms with van der Waals surface area (Å²) in [6.07, 6.45) is 1.59. The smallest absolute Gasteiger partial charge is 0.250 e. The van der Waals surface area contributed by atoms with E-state index >= 15 is 0 Å². The summed E-state index contributed by atoms with van der Waals surface area (Å²) in [6, 6.07) is 3.57. The summed E-state index contributed by atoms with van der Waals surface area (Å²) >= 11 is 0. The first kappa shape index (κ1) is 11.5. The lowest BCUT2D eigenvalue weighted by Crippen LogP contribution is -2.18. The van der Waals surface area contributed by atoms with Crippen molar-refractivity contribution in [1.29, 1.82) is 0 Å². The second-order valence-electron chi connectivity index (χ2n) is 2.87. The maximum absolute atomic E-state index is 11.2. The minimum atomic E-state index is -0.171. The lowest BCUT2D eigenvalue weighted by Gasteiger charge is -2.05. The highest BCUT2D eigenvalue weighted by molar-refractivity contribution is 5.91. The summed E-state index contributed by atoms with van der Waals surface area (Å²) in [5.74, 6) is 0.591. The number of rotatable bonds is 5. The minimum absolute atomic E-state index is 0.0737. The Balaban J connectivity index is 2.46. The first-order valence-electron chi connectivity index (χ1n) is 4.77. The highest BCUT2D eigenvalue weighted by Crippen LogP contribution is 2.08. The Hall–Kier alpha value is -1.62. The fraction of sp³-hybridized carbons (Fsp3) is 0.400. The molecule has 2 N–H and O–H groups in total. The Labute approximate surface area is 88.9 Å². The molecule has 5 nitrogen and oxygen atoms in total. The van der Waals surface area contributed by atoms with E-state index in [1.54, 1.807) is 25.4 Å². The van der Waals surface area contributed by atoms with E-state index in [0.717, 1.165) is 5.82 Å². The number of carbonyl (C=O) groups excluding carboxylic acids is 1. The van der Waals surface area contributed by atoms with E-state index in [0.29, 0.717) is 12.3 Å². The van der Waals surface area contributed by atoms with Crippen LogP contribution in [0.4, 0.5) is 11.5 Å². The van der Waals surface area contributed by atoms with E-state index < -0.39 is 0 Å². The summed E-state index contributed by atoms with van der Waals surface area (Å²) in [5, 5.41) is 5.57. The molecule has 0 atom stereocenters. The lowest BCUT2D eigenvalue weighted by atomic mass is 10.4. The first-order valence-corrected chi connectivity index (χ1v) is 4.77. The Morgan fingerprint density at radius 3 is 2.87 bits per heavy atom. The van der Waals surface area contributed by atoms with E-state index in [1.165, 1.54) is 0 Å². The van der Waals surface area contributed by atoms with Gasteiger partial charge in [-0.2, -0.15) is 0 Å². The van der Waals surface area contributed by atoms with Gasteiger partial charge in [-0.3, -0.25) is 4.79 Å². The third-order valence-electron chi connectivity index (χ3n) is 1.74. The van der Waals surface area contributed by atoms with E-state index in [2.05, 4.69) is 15.6 Å². The van der Waals surface area contributed by atoms with Crippen molar-refractivity contribution >= 4 is 17.4 Å². The molecule has 0 fully saturated rings. The Morgan fingerprint density at radius 2 is 2.33 bits per heavy atom. The molecule has 0 aliphatic carbocycles. The molecule has 0 aliphatic heterocycles. The van der Waals surface area contributed by atoms with Crippen LogP contribution in [0.1, 0.15) is 6.92 Å². The Kier molecular flexibility index (Phi) is 4.56. The molecule has 0 radical (unpaired) electrons. The van der Waals surface area contributed by atoms with Gasteiger partial charge in [0.05, 0.1) is 11.9 Å². The number of amides is 1. The topological polar surface area (TPSA) is 63.2 Å². The van der Waals surface area contributed by atoms with Gasteiger partial charge >= 0.3 is 0 Å². The van der Waals surface area contributed by atoms with Crippen molar-refractivity contribution in [2.24, 2.45) is 0 Å². The maximum Gasteiger partial charge on any atom is 0.250 e. The third kappa shape index (κ3) is 3.95. The molecule has 15 heavy (non-hydrogen) atoms. The number of nitrogens with zero attached hydrogens (tertiary/aromatic N) is 1. The van der Waals surface area contributed by atoms with E-state index in [4.69, 9.17) is 4.74 Å². The van der Waals surface area contributed by atoms with Crippen LogP contribution < -0.4 is 10.6 Å². The van der Waals surface area contributed by atoms with Gasteiger partial charge in [0.1, 0.15) is 12.4 Å². The molecule has 1 amide bonds. The van der Waals surface area contributed by atoms with Crippen LogP contribution in [0.3, 0.4) is 0 Å². The van der Waals surface area contributed by atoms with Crippen molar-refractivity contribution in [2.45, 2.75) is 6.92 Å². The molecular weight excluding hydrogens is 194 g/mol. The standard InChI is InChI=1S/C10H15N3O2/c1-3-15-7-10(14)13-8-4-5-9(11-2)12-6-8/h4-6H,3,7H2,1-2H3,(H,11,12)(H,13,14). The molecule has 1 aromatic rings. The molecule has 0 aliphatic rings. The molecule has 0 bridgehead atoms. The molecular formula is C10H15N3O2. The average Bonchev–Trinajstić information content (AvgIpc) is 2.27. The molecule has 1 heterocycles. The zero-order valence-corrected chi connectivity index (χ0v) is 8.91. The Morgan fingerprint density at radius 1 is 1.53 bits per heavy atom. The Bertz CT molecular complexity index is 311. The highest BCUT2D eigenvalue weighted by Gasteiger charge is 2.01. The van der Waals surface area contributed by atoms with Crippen LogP contribution in [0.5, 0.6) is 0 Å². The van der Waals surface area contributed by atoms with Crippen LogP contribution >= 0.6 is 0 Å². The average molecular weight is 209 g/mol.